The third-order valence-electron chi connectivity index (χ3n) is 2.08. The summed E-state index contributed by atoms with van der Waals surface area (Å²) in [5.74, 6) is -1.40. The predicted octanol–water partition coefficient (Wildman–Crippen LogP) is -2.62. The van der Waals surface area contributed by atoms with Crippen molar-refractivity contribution in [2.75, 3.05) is 19.5 Å². The van der Waals surface area contributed by atoms with Crippen LogP contribution in [-0.2, 0) is 9.53 Å². The first kappa shape index (κ1) is 17.3. The van der Waals surface area contributed by atoms with E-state index in [2.05, 4.69) is 10.1 Å². The SMILES string of the molecule is COC(=O)/C(C#N)=C(\[O-])Nc1ccccc1OC.[Na+]. The van der Waals surface area contributed by atoms with Crippen LogP contribution in [0.15, 0.2) is 35.7 Å². The molecule has 0 unspecified atom stereocenters. The summed E-state index contributed by atoms with van der Waals surface area (Å²) in [4.78, 5) is 11.2. The summed E-state index contributed by atoms with van der Waals surface area (Å²) in [6, 6.07) is 8.13. The number of hydrogen-bond acceptors (Lipinski definition) is 6. The van der Waals surface area contributed by atoms with Gasteiger partial charge in [-0.05, 0) is 18.0 Å². The molecule has 0 fully saturated rings. The Morgan fingerprint density at radius 3 is 2.53 bits per heavy atom. The van der Waals surface area contributed by atoms with E-state index in [1.165, 1.54) is 13.2 Å². The molecular formula is C12H11N2NaO4. The van der Waals surface area contributed by atoms with E-state index in [4.69, 9.17) is 10.00 Å². The Morgan fingerprint density at radius 2 is 2.00 bits per heavy atom. The zero-order valence-corrected chi connectivity index (χ0v) is 12.9. The average molecular weight is 270 g/mol. The molecule has 6 nitrogen and oxygen atoms in total. The molecule has 0 saturated heterocycles. The van der Waals surface area contributed by atoms with Crippen LogP contribution in [-0.4, -0.2) is 20.2 Å². The molecule has 0 aliphatic heterocycles. The summed E-state index contributed by atoms with van der Waals surface area (Å²) < 4.78 is 9.35. The van der Waals surface area contributed by atoms with Crippen LogP contribution in [0.4, 0.5) is 5.69 Å². The molecule has 19 heavy (non-hydrogen) atoms. The van der Waals surface area contributed by atoms with E-state index in [0.717, 1.165) is 7.11 Å². The first-order valence-electron chi connectivity index (χ1n) is 4.93. The molecule has 0 heterocycles. The summed E-state index contributed by atoms with van der Waals surface area (Å²) >= 11 is 0. The summed E-state index contributed by atoms with van der Waals surface area (Å²) in [5, 5.41) is 22.8. The van der Waals surface area contributed by atoms with Crippen LogP contribution in [0.5, 0.6) is 5.75 Å². The van der Waals surface area contributed by atoms with Crippen LogP contribution in [0.3, 0.4) is 0 Å². The Labute approximate surface area is 132 Å². The number of methoxy groups -OCH3 is 2. The summed E-state index contributed by atoms with van der Waals surface area (Å²) in [5.41, 5.74) is -0.259. The van der Waals surface area contributed by atoms with Crippen molar-refractivity contribution in [3.63, 3.8) is 0 Å². The normalized spacial score (nSPS) is 10.4. The molecule has 1 N–H and O–H groups in total. The molecule has 0 bridgehead atoms. The quantitative estimate of drug-likeness (QED) is 0.212. The predicted molar refractivity (Wildman–Crippen MR) is 61.3 cm³/mol. The number of para-hydroxylation sites is 2. The molecule has 0 spiro atoms. The third kappa shape index (κ3) is 4.48. The Kier molecular flexibility index (Phi) is 7.68. The second-order valence-electron chi connectivity index (χ2n) is 3.13. The Balaban J connectivity index is 0.00000324. The van der Waals surface area contributed by atoms with Gasteiger partial charge in [-0.15, -0.1) is 0 Å². The van der Waals surface area contributed by atoms with Crippen LogP contribution in [0.25, 0.3) is 0 Å². The van der Waals surface area contributed by atoms with E-state index in [9.17, 15) is 9.90 Å². The molecule has 1 aromatic rings. The molecule has 94 valence electrons. The number of esters is 1. The smallest absolute Gasteiger partial charge is 0.859 e. The fourth-order valence-electron chi connectivity index (χ4n) is 1.22. The minimum absolute atomic E-state index is 0. The van der Waals surface area contributed by atoms with E-state index in [1.807, 2.05) is 0 Å². The maximum Gasteiger partial charge on any atom is 1.00 e. The zero-order chi connectivity index (χ0) is 13.5. The molecule has 1 rings (SSSR count). The van der Waals surface area contributed by atoms with Gasteiger partial charge in [0.15, 0.2) is 0 Å². The van der Waals surface area contributed by atoms with Crippen LogP contribution in [0.2, 0.25) is 0 Å². The first-order valence-corrected chi connectivity index (χ1v) is 4.93. The van der Waals surface area contributed by atoms with Crippen molar-refractivity contribution in [3.05, 3.63) is 35.7 Å². The maximum atomic E-state index is 11.7. The Hall–Kier alpha value is -1.68. The van der Waals surface area contributed by atoms with E-state index in [-0.39, 0.29) is 29.6 Å². The number of anilines is 1. The van der Waals surface area contributed by atoms with Crippen LogP contribution >= 0.6 is 0 Å². The number of nitrogens with zero attached hydrogens (tertiary/aromatic N) is 1. The molecule has 0 aliphatic rings. The van der Waals surface area contributed by atoms with Crippen molar-refractivity contribution in [3.8, 4) is 11.8 Å². The molecular weight excluding hydrogens is 259 g/mol. The van der Waals surface area contributed by atoms with Crippen LogP contribution in [0.1, 0.15) is 0 Å². The number of carbonyl (C=O) groups excluding carboxylic acids is 1. The van der Waals surface area contributed by atoms with Gasteiger partial charge in [0.1, 0.15) is 17.4 Å². The van der Waals surface area contributed by atoms with Gasteiger partial charge < -0.3 is 19.9 Å². The van der Waals surface area contributed by atoms with Gasteiger partial charge in [-0.3, -0.25) is 0 Å². The number of carbonyl (C=O) groups is 1. The minimum Gasteiger partial charge on any atom is -0.859 e. The maximum absolute atomic E-state index is 11.7. The van der Waals surface area contributed by atoms with E-state index >= 15 is 0 Å². The van der Waals surface area contributed by atoms with Gasteiger partial charge in [0.05, 0.1) is 19.9 Å². The van der Waals surface area contributed by atoms with E-state index < -0.39 is 17.4 Å². The summed E-state index contributed by atoms with van der Waals surface area (Å²) in [6.07, 6.45) is 0. The van der Waals surface area contributed by atoms with Gasteiger partial charge in [-0.1, -0.05) is 12.1 Å². The molecule has 0 amide bonds. The largest absolute Gasteiger partial charge is 1.00 e. The van der Waals surface area contributed by atoms with Crippen molar-refractivity contribution in [2.24, 2.45) is 0 Å². The van der Waals surface area contributed by atoms with Gasteiger partial charge >= 0.3 is 35.5 Å². The second kappa shape index (κ2) is 8.43. The van der Waals surface area contributed by atoms with Crippen molar-refractivity contribution in [1.82, 2.24) is 0 Å². The third-order valence-corrected chi connectivity index (χ3v) is 2.08. The van der Waals surface area contributed by atoms with E-state index in [0.29, 0.717) is 11.4 Å². The number of nitrogens with one attached hydrogen (secondary N) is 1. The molecule has 0 saturated carbocycles. The molecule has 0 aromatic heterocycles. The fourth-order valence-corrected chi connectivity index (χ4v) is 1.22. The number of nitriles is 1. The number of rotatable bonds is 4. The number of hydrogen-bond donors (Lipinski definition) is 1. The fraction of sp³-hybridized carbons (Fsp3) is 0.167. The summed E-state index contributed by atoms with van der Waals surface area (Å²) in [7, 11) is 2.54. The van der Waals surface area contributed by atoms with E-state index in [1.54, 1.807) is 24.3 Å². The monoisotopic (exact) mass is 270 g/mol. The van der Waals surface area contributed by atoms with Gasteiger partial charge in [0.25, 0.3) is 0 Å². The van der Waals surface area contributed by atoms with Crippen LogP contribution < -0.4 is 44.7 Å². The van der Waals surface area contributed by atoms with Crippen molar-refractivity contribution in [2.45, 2.75) is 0 Å². The van der Waals surface area contributed by atoms with Gasteiger partial charge in [0.2, 0.25) is 0 Å². The van der Waals surface area contributed by atoms with Gasteiger partial charge in [0, 0.05) is 0 Å². The topological polar surface area (TPSA) is 94.4 Å². The Morgan fingerprint density at radius 1 is 1.37 bits per heavy atom. The van der Waals surface area contributed by atoms with Crippen molar-refractivity contribution in [1.29, 1.82) is 5.26 Å². The summed E-state index contributed by atoms with van der Waals surface area (Å²) in [6.45, 7) is 0. The van der Waals surface area contributed by atoms with Crippen molar-refractivity contribution < 1.29 is 48.9 Å². The second-order valence-corrected chi connectivity index (χ2v) is 3.13. The number of ether oxygens (including phenoxy) is 2. The van der Waals surface area contributed by atoms with Gasteiger partial charge in [-0.25, -0.2) is 4.79 Å². The minimum atomic E-state index is -0.982. The molecule has 1 aromatic carbocycles. The number of benzene rings is 1. The zero-order valence-electron chi connectivity index (χ0n) is 10.9. The Bertz CT molecular complexity index is 523. The molecule has 0 radical (unpaired) electrons. The standard InChI is InChI=1S/C12H12N2O4.Na/c1-17-10-6-4-3-5-9(10)14-11(15)8(7-13)12(16)18-2;/h3-6,14-15H,1-2H3;/q;+1/p-1/b11-8-;. The average Bonchev–Trinajstić information content (AvgIpc) is 2.39. The molecule has 0 atom stereocenters. The molecule has 7 heteroatoms. The van der Waals surface area contributed by atoms with Crippen LogP contribution in [0, 0.1) is 11.3 Å². The van der Waals surface area contributed by atoms with Crippen molar-refractivity contribution >= 4 is 11.7 Å². The molecule has 0 aliphatic carbocycles. The van der Waals surface area contributed by atoms with Gasteiger partial charge in [-0.2, -0.15) is 5.26 Å². The first-order chi connectivity index (χ1) is 8.63.